The van der Waals surface area contributed by atoms with Gasteiger partial charge in [-0.25, -0.2) is 0 Å². The third kappa shape index (κ3) is 13.7. The normalized spacial score (nSPS) is 18.8. The van der Waals surface area contributed by atoms with Gasteiger partial charge in [0, 0.05) is 52.5 Å². The van der Waals surface area contributed by atoms with Gasteiger partial charge in [-0.05, 0) is 67.5 Å². The minimum absolute atomic E-state index is 0.0212. The highest BCUT2D eigenvalue weighted by Gasteiger charge is 2.43. The molecule has 3 rings (SSSR count). The van der Waals surface area contributed by atoms with Gasteiger partial charge < -0.3 is 24.6 Å². The first-order valence-corrected chi connectivity index (χ1v) is 21.8. The number of ketones is 2. The van der Waals surface area contributed by atoms with Gasteiger partial charge in [0.1, 0.15) is 5.78 Å². The van der Waals surface area contributed by atoms with Gasteiger partial charge in [-0.2, -0.15) is 0 Å². The number of allylic oxidation sites excluding steroid dienone is 2. The van der Waals surface area contributed by atoms with Crippen LogP contribution in [0.4, 0.5) is 0 Å². The van der Waals surface area contributed by atoms with Crippen molar-refractivity contribution in [3.05, 3.63) is 83.9 Å². The quantitative estimate of drug-likeness (QED) is 0.102. The molecule has 1 heterocycles. The van der Waals surface area contributed by atoms with E-state index in [0.29, 0.717) is 13.0 Å². The molecule has 0 unspecified atom stereocenters. The number of carbonyl (C=O) groups is 4. The van der Waals surface area contributed by atoms with Gasteiger partial charge in [0.25, 0.3) is 0 Å². The second-order valence-corrected chi connectivity index (χ2v) is 17.4. The predicted octanol–water partition coefficient (Wildman–Crippen LogP) is 8.00. The van der Waals surface area contributed by atoms with Crippen LogP contribution in [0.5, 0.6) is 0 Å². The van der Waals surface area contributed by atoms with E-state index in [1.165, 1.54) is 11.1 Å². The fourth-order valence-electron chi connectivity index (χ4n) is 9.00. The number of ether oxygens (including phenoxy) is 2. The minimum Gasteiger partial charge on any atom is -0.379 e. The smallest absolute Gasteiger partial charge is 0.226 e. The Kier molecular flexibility index (Phi) is 20.5. The van der Waals surface area contributed by atoms with Crippen LogP contribution in [0.1, 0.15) is 98.1 Å². The number of nitrogens with one attached hydrogen (secondary N) is 1. The van der Waals surface area contributed by atoms with E-state index >= 15 is 0 Å². The van der Waals surface area contributed by atoms with Crippen LogP contribution < -0.4 is 5.32 Å². The van der Waals surface area contributed by atoms with E-state index in [1.54, 1.807) is 33.2 Å². The zero-order valence-electron chi connectivity index (χ0n) is 37.5. The highest BCUT2D eigenvalue weighted by Crippen LogP contribution is 2.32. The molecule has 0 radical (unpaired) electrons. The lowest BCUT2D eigenvalue weighted by Gasteiger charge is -2.41. The Hall–Kier alpha value is -3.66. The van der Waals surface area contributed by atoms with E-state index in [2.05, 4.69) is 55.6 Å². The van der Waals surface area contributed by atoms with Crippen LogP contribution in [0.15, 0.2) is 72.8 Å². The Balaban J connectivity index is 1.78. The molecule has 58 heavy (non-hydrogen) atoms. The SMILES string of the molecule is CC[C@H](C)[C@@H]([C@@H](CC(=O)N1CCC[C@H]1[C@H](OC)[C@@H](C)C(=O)C[C@H](/C=C\Cc1ccccc1)Cc1ccccc1)OC)N(C)C(=O)[C@@H](CC(=O)[C@@H](NC)C(C)C)C(C)C. The number of rotatable bonds is 25. The lowest BCUT2D eigenvalue weighted by atomic mass is 9.84. The van der Waals surface area contributed by atoms with E-state index in [9.17, 15) is 19.2 Å². The standard InChI is InChI=1S/C49H75N3O6/c1-12-35(6)47(51(9)49(56)40(33(2)3)31-43(54)46(50-8)34(4)5)44(57-10)32-45(55)52-28-20-27-41(52)48(58-11)36(7)42(53)30-39(29-38-23-17-14-18-24-38)26-19-25-37-21-15-13-16-22-37/h13-19,21-24,26,33-36,39-41,44,46-48,50H,12,20,25,27-32H2,1-11H3/b26-19-/t35-,36-,39+,40-,41-,44+,46-,47-,48+/m0/s1. The Morgan fingerprint density at radius 1 is 0.845 bits per heavy atom. The topological polar surface area (TPSA) is 105 Å². The van der Waals surface area contributed by atoms with Crippen molar-refractivity contribution in [1.29, 1.82) is 0 Å². The van der Waals surface area contributed by atoms with E-state index in [-0.39, 0.29) is 78.0 Å². The largest absolute Gasteiger partial charge is 0.379 e. The molecule has 9 heteroatoms. The average Bonchev–Trinajstić information content (AvgIpc) is 3.70. The second kappa shape index (κ2) is 24.4. The van der Waals surface area contributed by atoms with Gasteiger partial charge in [0.2, 0.25) is 11.8 Å². The molecule has 2 amide bonds. The molecular weight excluding hydrogens is 727 g/mol. The van der Waals surface area contributed by atoms with Gasteiger partial charge in [-0.3, -0.25) is 19.2 Å². The van der Waals surface area contributed by atoms with Crippen LogP contribution in [0, 0.1) is 35.5 Å². The first-order valence-electron chi connectivity index (χ1n) is 21.8. The summed E-state index contributed by atoms with van der Waals surface area (Å²) in [5.74, 6) is -0.841. The van der Waals surface area contributed by atoms with Crippen LogP contribution in [-0.4, -0.2) is 98.4 Å². The number of methoxy groups -OCH3 is 2. The third-order valence-electron chi connectivity index (χ3n) is 12.6. The Morgan fingerprint density at radius 2 is 1.47 bits per heavy atom. The van der Waals surface area contributed by atoms with Crippen LogP contribution in [0.3, 0.4) is 0 Å². The summed E-state index contributed by atoms with van der Waals surface area (Å²) in [7, 11) is 6.83. The van der Waals surface area contributed by atoms with Crippen molar-refractivity contribution in [2.24, 2.45) is 35.5 Å². The number of hydrogen-bond acceptors (Lipinski definition) is 7. The maximum Gasteiger partial charge on any atom is 0.226 e. The van der Waals surface area contributed by atoms with Gasteiger partial charge >= 0.3 is 0 Å². The van der Waals surface area contributed by atoms with Crippen molar-refractivity contribution in [3.63, 3.8) is 0 Å². The summed E-state index contributed by atoms with van der Waals surface area (Å²) in [4.78, 5) is 59.8. The summed E-state index contributed by atoms with van der Waals surface area (Å²) >= 11 is 0. The molecule has 0 bridgehead atoms. The molecular formula is C49H75N3O6. The molecule has 2 aromatic rings. The minimum atomic E-state index is -0.566. The summed E-state index contributed by atoms with van der Waals surface area (Å²) in [6, 6.07) is 19.6. The maximum atomic E-state index is 14.4. The zero-order chi connectivity index (χ0) is 42.9. The van der Waals surface area contributed by atoms with E-state index in [0.717, 1.165) is 32.1 Å². The van der Waals surface area contributed by atoms with Crippen molar-refractivity contribution < 1.29 is 28.7 Å². The Bertz CT molecular complexity index is 1580. The van der Waals surface area contributed by atoms with Crippen LogP contribution in [-0.2, 0) is 41.5 Å². The molecule has 9 atom stereocenters. The molecule has 0 aromatic heterocycles. The van der Waals surface area contributed by atoms with Gasteiger partial charge in [0.15, 0.2) is 5.78 Å². The molecule has 1 fully saturated rings. The van der Waals surface area contributed by atoms with Crippen molar-refractivity contribution in [1.82, 2.24) is 15.1 Å². The van der Waals surface area contributed by atoms with E-state index < -0.39 is 24.0 Å². The molecule has 2 aromatic carbocycles. The molecule has 1 aliphatic heterocycles. The third-order valence-corrected chi connectivity index (χ3v) is 12.6. The maximum absolute atomic E-state index is 14.4. The molecule has 0 saturated carbocycles. The molecule has 0 aliphatic carbocycles. The predicted molar refractivity (Wildman–Crippen MR) is 234 cm³/mol. The van der Waals surface area contributed by atoms with Crippen LogP contribution >= 0.6 is 0 Å². The zero-order valence-corrected chi connectivity index (χ0v) is 37.5. The number of Topliss-reactive ketones (excluding diaryl/α,β-unsaturated/α-hetero) is 2. The molecule has 1 saturated heterocycles. The van der Waals surface area contributed by atoms with Crippen molar-refractivity contribution in [3.8, 4) is 0 Å². The fourth-order valence-corrected chi connectivity index (χ4v) is 9.00. The molecule has 1 N–H and O–H groups in total. The van der Waals surface area contributed by atoms with E-state index in [4.69, 9.17) is 9.47 Å². The molecule has 1 aliphatic rings. The fraction of sp³-hybridized carbons (Fsp3) is 0.633. The first kappa shape index (κ1) is 48.7. The Labute approximate surface area is 350 Å². The molecule has 0 spiro atoms. The highest BCUT2D eigenvalue weighted by atomic mass is 16.5. The number of likely N-dealkylation sites (N-methyl/N-ethyl adjacent to an activating group) is 2. The van der Waals surface area contributed by atoms with Gasteiger partial charge in [-0.15, -0.1) is 0 Å². The summed E-state index contributed by atoms with van der Waals surface area (Å²) in [6.07, 6.45) is 7.83. The van der Waals surface area contributed by atoms with Crippen LogP contribution in [0.25, 0.3) is 0 Å². The van der Waals surface area contributed by atoms with Crippen molar-refractivity contribution in [2.75, 3.05) is 34.9 Å². The number of carbonyl (C=O) groups excluding carboxylic acids is 4. The Morgan fingerprint density at radius 3 is 2.00 bits per heavy atom. The van der Waals surface area contributed by atoms with E-state index in [1.807, 2.05) is 75.9 Å². The average molecular weight is 802 g/mol. The summed E-state index contributed by atoms with van der Waals surface area (Å²) in [5.41, 5.74) is 2.41. The van der Waals surface area contributed by atoms with Crippen LogP contribution in [0.2, 0.25) is 0 Å². The second-order valence-electron chi connectivity index (χ2n) is 17.4. The first-order chi connectivity index (χ1) is 27.7. The summed E-state index contributed by atoms with van der Waals surface area (Å²) < 4.78 is 12.2. The number of likely N-dealkylation sites (tertiary alicyclic amines) is 1. The number of nitrogens with zero attached hydrogens (tertiary/aromatic N) is 2. The lowest BCUT2D eigenvalue weighted by Crippen LogP contribution is -2.54. The number of hydrogen-bond donors (Lipinski definition) is 1. The monoisotopic (exact) mass is 802 g/mol. The van der Waals surface area contributed by atoms with Crippen molar-refractivity contribution >= 4 is 23.4 Å². The van der Waals surface area contributed by atoms with Gasteiger partial charge in [-0.1, -0.05) is 128 Å². The van der Waals surface area contributed by atoms with Gasteiger partial charge in [0.05, 0.1) is 36.8 Å². The van der Waals surface area contributed by atoms with Crippen molar-refractivity contribution in [2.45, 2.75) is 130 Å². The molecule has 9 nitrogen and oxygen atoms in total. The highest BCUT2D eigenvalue weighted by molar-refractivity contribution is 5.90. The summed E-state index contributed by atoms with van der Waals surface area (Å²) in [5, 5.41) is 3.13. The number of benzene rings is 2. The summed E-state index contributed by atoms with van der Waals surface area (Å²) in [6.45, 7) is 14.7. The number of amides is 2. The molecule has 322 valence electrons. The lowest BCUT2D eigenvalue weighted by molar-refractivity contribution is -0.149.